The fourth-order valence-corrected chi connectivity index (χ4v) is 2.68. The van der Waals surface area contributed by atoms with E-state index in [1.807, 2.05) is 31.3 Å². The van der Waals surface area contributed by atoms with Crippen molar-refractivity contribution in [1.29, 1.82) is 0 Å². The fourth-order valence-electron chi connectivity index (χ4n) is 2.50. The Bertz CT molecular complexity index is 580. The van der Waals surface area contributed by atoms with E-state index >= 15 is 0 Å². The van der Waals surface area contributed by atoms with Crippen LogP contribution in [0, 0.1) is 6.92 Å². The number of halogens is 1. The molecule has 0 radical (unpaired) electrons. The second-order valence-corrected chi connectivity index (χ2v) is 5.10. The predicted octanol–water partition coefficient (Wildman–Crippen LogP) is 4.14. The van der Waals surface area contributed by atoms with E-state index in [0.29, 0.717) is 6.04 Å². The van der Waals surface area contributed by atoms with Crippen molar-refractivity contribution >= 4 is 17.3 Å². The Morgan fingerprint density at radius 1 is 1.28 bits per heavy atom. The molecule has 2 aromatic rings. The maximum Gasteiger partial charge on any atom is 0.0691 e. The molecule has 1 N–H and O–H groups in total. The molecule has 18 heavy (non-hydrogen) atoms. The highest BCUT2D eigenvalue weighted by atomic mass is 35.5. The van der Waals surface area contributed by atoms with Crippen molar-refractivity contribution < 1.29 is 0 Å². The molecule has 3 rings (SSSR count). The first-order chi connectivity index (χ1) is 8.75. The zero-order chi connectivity index (χ0) is 12.5. The number of nitrogens with one attached hydrogen (secondary N) is 1. The lowest BCUT2D eigenvalue weighted by molar-refractivity contribution is 0.745. The van der Waals surface area contributed by atoms with Crippen LogP contribution in [0.4, 0.5) is 5.69 Å². The number of hydrogen-bond donors (Lipinski definition) is 1. The highest BCUT2D eigenvalue weighted by Gasteiger charge is 2.23. The summed E-state index contributed by atoms with van der Waals surface area (Å²) in [5, 5.41) is 4.36. The molecule has 0 saturated heterocycles. The molecule has 1 unspecified atom stereocenters. The monoisotopic (exact) mass is 258 g/mol. The molecule has 2 nitrogen and oxygen atoms in total. The molecule has 92 valence electrons. The highest BCUT2D eigenvalue weighted by Crippen LogP contribution is 2.34. The van der Waals surface area contributed by atoms with Crippen molar-refractivity contribution in [2.75, 3.05) is 5.32 Å². The number of aryl methyl sites for hydroxylation is 1. The minimum Gasteiger partial charge on any atom is -0.376 e. The van der Waals surface area contributed by atoms with Gasteiger partial charge in [0, 0.05) is 16.9 Å². The summed E-state index contributed by atoms with van der Waals surface area (Å²) < 4.78 is 0. The Labute approximate surface area is 112 Å². The minimum atomic E-state index is 0.304. The van der Waals surface area contributed by atoms with Gasteiger partial charge in [0.2, 0.25) is 0 Å². The van der Waals surface area contributed by atoms with Crippen LogP contribution in [0.15, 0.2) is 36.5 Å². The molecular formula is C15H15ClN2. The third-order valence-corrected chi connectivity index (χ3v) is 3.97. The van der Waals surface area contributed by atoms with Gasteiger partial charge in [-0.15, -0.1) is 0 Å². The van der Waals surface area contributed by atoms with Crippen LogP contribution < -0.4 is 5.32 Å². The van der Waals surface area contributed by atoms with E-state index in [1.165, 1.54) is 11.3 Å². The summed E-state index contributed by atoms with van der Waals surface area (Å²) in [7, 11) is 0. The van der Waals surface area contributed by atoms with E-state index in [9.17, 15) is 0 Å². The van der Waals surface area contributed by atoms with Crippen molar-refractivity contribution in [2.24, 2.45) is 0 Å². The van der Waals surface area contributed by atoms with E-state index in [2.05, 4.69) is 22.4 Å². The minimum absolute atomic E-state index is 0.304. The van der Waals surface area contributed by atoms with Crippen molar-refractivity contribution in [2.45, 2.75) is 25.8 Å². The smallest absolute Gasteiger partial charge is 0.0691 e. The van der Waals surface area contributed by atoms with Gasteiger partial charge in [-0.05, 0) is 49.1 Å². The van der Waals surface area contributed by atoms with Crippen LogP contribution >= 0.6 is 11.6 Å². The van der Waals surface area contributed by atoms with Crippen LogP contribution in [0.25, 0.3) is 0 Å². The first-order valence-corrected chi connectivity index (χ1v) is 6.59. The Balaban J connectivity index is 1.89. The number of pyridine rings is 1. The van der Waals surface area contributed by atoms with Gasteiger partial charge in [-0.25, -0.2) is 0 Å². The zero-order valence-corrected chi connectivity index (χ0v) is 11.0. The Morgan fingerprint density at radius 2 is 2.17 bits per heavy atom. The third kappa shape index (κ3) is 1.97. The number of benzene rings is 1. The lowest BCUT2D eigenvalue weighted by Gasteiger charge is -2.17. The molecule has 0 aliphatic heterocycles. The molecule has 1 aliphatic carbocycles. The first-order valence-electron chi connectivity index (χ1n) is 6.21. The topological polar surface area (TPSA) is 24.9 Å². The molecule has 1 aliphatic rings. The third-order valence-electron chi connectivity index (χ3n) is 3.56. The summed E-state index contributed by atoms with van der Waals surface area (Å²) in [4.78, 5) is 4.49. The summed E-state index contributed by atoms with van der Waals surface area (Å²) >= 11 is 6.14. The van der Waals surface area contributed by atoms with Gasteiger partial charge in [-0.2, -0.15) is 0 Å². The van der Waals surface area contributed by atoms with Crippen LogP contribution in [-0.4, -0.2) is 4.98 Å². The predicted molar refractivity (Wildman–Crippen MR) is 75.1 cm³/mol. The lowest BCUT2D eigenvalue weighted by Crippen LogP contribution is -2.09. The first kappa shape index (κ1) is 11.5. The fraction of sp³-hybridized carbons (Fsp3) is 0.267. The molecule has 0 amide bonds. The van der Waals surface area contributed by atoms with E-state index in [4.69, 9.17) is 11.6 Å². The van der Waals surface area contributed by atoms with Crippen LogP contribution in [0.5, 0.6) is 0 Å². The van der Waals surface area contributed by atoms with Crippen LogP contribution in [0.2, 0.25) is 5.02 Å². The normalized spacial score (nSPS) is 17.6. The highest BCUT2D eigenvalue weighted by molar-refractivity contribution is 6.31. The number of aromatic nitrogens is 1. The molecule has 0 bridgehead atoms. The van der Waals surface area contributed by atoms with Crippen LogP contribution in [-0.2, 0) is 6.42 Å². The molecule has 1 atom stereocenters. The van der Waals surface area contributed by atoms with Gasteiger partial charge < -0.3 is 5.32 Å². The maximum absolute atomic E-state index is 6.14. The Morgan fingerprint density at radius 3 is 3.06 bits per heavy atom. The number of hydrogen-bond acceptors (Lipinski definition) is 2. The second-order valence-electron chi connectivity index (χ2n) is 4.70. The van der Waals surface area contributed by atoms with Crippen molar-refractivity contribution in [3.8, 4) is 0 Å². The average molecular weight is 259 g/mol. The van der Waals surface area contributed by atoms with Gasteiger partial charge in [0.1, 0.15) is 0 Å². The number of anilines is 1. The molecule has 0 saturated carbocycles. The zero-order valence-electron chi connectivity index (χ0n) is 10.3. The quantitative estimate of drug-likeness (QED) is 0.876. The SMILES string of the molecule is Cc1c(Cl)cccc1NC1CCc2cccnc21. The van der Waals surface area contributed by atoms with Gasteiger partial charge in [0.25, 0.3) is 0 Å². The van der Waals surface area contributed by atoms with Gasteiger partial charge >= 0.3 is 0 Å². The molecule has 3 heteroatoms. The Hall–Kier alpha value is -1.54. The largest absolute Gasteiger partial charge is 0.376 e. The van der Waals surface area contributed by atoms with Crippen molar-refractivity contribution in [1.82, 2.24) is 4.98 Å². The standard InChI is InChI=1S/C15H15ClN2/c1-10-12(16)5-2-6-13(10)18-14-8-7-11-4-3-9-17-15(11)14/h2-6,9,14,18H,7-8H2,1H3. The molecule has 0 spiro atoms. The number of rotatable bonds is 2. The number of nitrogens with zero attached hydrogens (tertiary/aromatic N) is 1. The van der Waals surface area contributed by atoms with Gasteiger partial charge in [0.15, 0.2) is 0 Å². The molecule has 1 aromatic heterocycles. The van der Waals surface area contributed by atoms with E-state index in [1.54, 1.807) is 0 Å². The molecule has 1 heterocycles. The summed E-state index contributed by atoms with van der Waals surface area (Å²) in [5.41, 5.74) is 4.74. The molecule has 1 aromatic carbocycles. The summed E-state index contributed by atoms with van der Waals surface area (Å²) in [6, 6.07) is 10.4. The van der Waals surface area contributed by atoms with Crippen LogP contribution in [0.3, 0.4) is 0 Å². The average Bonchev–Trinajstić information content (AvgIpc) is 2.79. The molecular weight excluding hydrogens is 244 g/mol. The summed E-state index contributed by atoms with van der Waals surface area (Å²) in [6.45, 7) is 2.04. The number of fused-ring (bicyclic) bond motifs is 1. The van der Waals surface area contributed by atoms with Gasteiger partial charge in [-0.1, -0.05) is 23.7 Å². The van der Waals surface area contributed by atoms with E-state index in [0.717, 1.165) is 29.1 Å². The van der Waals surface area contributed by atoms with E-state index in [-0.39, 0.29) is 0 Å². The Kier molecular flexibility index (Phi) is 2.96. The lowest BCUT2D eigenvalue weighted by atomic mass is 10.1. The van der Waals surface area contributed by atoms with Gasteiger partial charge in [-0.3, -0.25) is 4.98 Å². The van der Waals surface area contributed by atoms with Crippen molar-refractivity contribution in [3.05, 3.63) is 58.4 Å². The maximum atomic E-state index is 6.14. The summed E-state index contributed by atoms with van der Waals surface area (Å²) in [5.74, 6) is 0. The van der Waals surface area contributed by atoms with Gasteiger partial charge in [0.05, 0.1) is 11.7 Å². The summed E-state index contributed by atoms with van der Waals surface area (Å²) in [6.07, 6.45) is 4.06. The molecule has 0 fully saturated rings. The van der Waals surface area contributed by atoms with Crippen LogP contribution in [0.1, 0.15) is 29.3 Å². The van der Waals surface area contributed by atoms with Crippen molar-refractivity contribution in [3.63, 3.8) is 0 Å². The van der Waals surface area contributed by atoms with E-state index < -0.39 is 0 Å². The second kappa shape index (κ2) is 4.62.